The van der Waals surface area contributed by atoms with E-state index in [1.165, 1.54) is 37.2 Å². The Bertz CT molecular complexity index is 273. The first kappa shape index (κ1) is 7.74. The van der Waals surface area contributed by atoms with Gasteiger partial charge in [-0.15, -0.1) is 0 Å². The van der Waals surface area contributed by atoms with Gasteiger partial charge in [-0.1, -0.05) is 12.8 Å². The fourth-order valence-electron chi connectivity index (χ4n) is 2.59. The van der Waals surface area contributed by atoms with Crippen LogP contribution in [0.25, 0.3) is 0 Å². The van der Waals surface area contributed by atoms with Crippen molar-refractivity contribution in [1.29, 1.82) is 0 Å². The summed E-state index contributed by atoms with van der Waals surface area (Å²) in [6.07, 6.45) is 7.31. The molecule has 2 atom stereocenters. The minimum Gasteiger partial charge on any atom is -0.357 e. The smallest absolute Gasteiger partial charge is 0.202 e. The highest BCUT2D eigenvalue weighted by Crippen LogP contribution is 2.51. The standard InChI is InChI=1S/C9H13N3S/c1-2-4-7-6(3-1)8(7)12-9-10-5-11-13-9/h5-8H,1-4H2,(H,10,11,12). The Morgan fingerprint density at radius 2 is 2.08 bits per heavy atom. The molecule has 2 aliphatic rings. The van der Waals surface area contributed by atoms with Gasteiger partial charge >= 0.3 is 0 Å². The summed E-state index contributed by atoms with van der Waals surface area (Å²) < 4.78 is 3.99. The average molecular weight is 195 g/mol. The molecule has 2 unspecified atom stereocenters. The number of hydrogen-bond donors (Lipinski definition) is 1. The number of anilines is 1. The SMILES string of the molecule is c1nsc(NC2C3CCCCC32)n1. The Morgan fingerprint density at radius 1 is 1.31 bits per heavy atom. The third-order valence-electron chi connectivity index (χ3n) is 3.31. The third kappa shape index (κ3) is 1.33. The van der Waals surface area contributed by atoms with Gasteiger partial charge in [0.1, 0.15) is 6.33 Å². The fraction of sp³-hybridized carbons (Fsp3) is 0.778. The molecule has 0 bridgehead atoms. The van der Waals surface area contributed by atoms with Crippen LogP contribution < -0.4 is 5.32 Å². The normalized spacial score (nSPS) is 36.8. The highest BCUT2D eigenvalue weighted by molar-refractivity contribution is 7.09. The monoisotopic (exact) mass is 195 g/mol. The second kappa shape index (κ2) is 2.94. The largest absolute Gasteiger partial charge is 0.357 e. The predicted octanol–water partition coefficient (Wildman–Crippen LogP) is 2.14. The summed E-state index contributed by atoms with van der Waals surface area (Å²) in [7, 11) is 0. The molecular weight excluding hydrogens is 182 g/mol. The maximum atomic E-state index is 4.15. The van der Waals surface area contributed by atoms with Crippen molar-refractivity contribution in [3.63, 3.8) is 0 Å². The van der Waals surface area contributed by atoms with Gasteiger partial charge in [0.2, 0.25) is 5.13 Å². The van der Waals surface area contributed by atoms with Gasteiger partial charge in [-0.25, -0.2) is 4.98 Å². The number of rotatable bonds is 2. The second-order valence-corrected chi connectivity index (χ2v) is 4.81. The van der Waals surface area contributed by atoms with Crippen LogP contribution in [-0.4, -0.2) is 15.4 Å². The van der Waals surface area contributed by atoms with Gasteiger partial charge in [0.15, 0.2) is 0 Å². The molecule has 70 valence electrons. The third-order valence-corrected chi connectivity index (χ3v) is 3.90. The van der Waals surface area contributed by atoms with Gasteiger partial charge in [-0.2, -0.15) is 4.37 Å². The molecule has 1 aromatic rings. The molecule has 2 saturated carbocycles. The van der Waals surface area contributed by atoms with Gasteiger partial charge in [0, 0.05) is 17.6 Å². The Morgan fingerprint density at radius 3 is 2.69 bits per heavy atom. The van der Waals surface area contributed by atoms with Crippen LogP contribution in [0.1, 0.15) is 25.7 Å². The molecule has 4 heteroatoms. The van der Waals surface area contributed by atoms with Crippen molar-refractivity contribution in [3.05, 3.63) is 6.33 Å². The highest BCUT2D eigenvalue weighted by atomic mass is 32.1. The van der Waals surface area contributed by atoms with Gasteiger partial charge < -0.3 is 5.32 Å². The Labute approximate surface area is 81.7 Å². The van der Waals surface area contributed by atoms with Crippen LogP contribution in [0.2, 0.25) is 0 Å². The van der Waals surface area contributed by atoms with E-state index in [0.29, 0.717) is 0 Å². The zero-order valence-electron chi connectivity index (χ0n) is 7.44. The zero-order valence-corrected chi connectivity index (χ0v) is 8.26. The van der Waals surface area contributed by atoms with E-state index in [-0.39, 0.29) is 0 Å². The van der Waals surface area contributed by atoms with E-state index in [1.54, 1.807) is 6.33 Å². The van der Waals surface area contributed by atoms with E-state index in [4.69, 9.17) is 0 Å². The number of aromatic nitrogens is 2. The van der Waals surface area contributed by atoms with Crippen LogP contribution in [0.5, 0.6) is 0 Å². The van der Waals surface area contributed by atoms with E-state index in [0.717, 1.165) is 23.0 Å². The minimum absolute atomic E-state index is 0.718. The minimum atomic E-state index is 0.718. The van der Waals surface area contributed by atoms with E-state index >= 15 is 0 Å². The Balaban J connectivity index is 1.63. The number of nitrogens with one attached hydrogen (secondary N) is 1. The summed E-state index contributed by atoms with van der Waals surface area (Å²) >= 11 is 1.46. The lowest BCUT2D eigenvalue weighted by atomic mass is 10.0. The van der Waals surface area contributed by atoms with E-state index in [9.17, 15) is 0 Å². The van der Waals surface area contributed by atoms with Gasteiger partial charge in [0.05, 0.1) is 0 Å². The predicted molar refractivity (Wildman–Crippen MR) is 52.8 cm³/mol. The molecule has 1 heterocycles. The number of nitrogens with zero attached hydrogens (tertiary/aromatic N) is 2. The lowest BCUT2D eigenvalue weighted by Crippen LogP contribution is -2.04. The first-order chi connectivity index (χ1) is 6.45. The number of hydrogen-bond acceptors (Lipinski definition) is 4. The molecule has 0 saturated heterocycles. The van der Waals surface area contributed by atoms with Crippen molar-refractivity contribution in [1.82, 2.24) is 9.36 Å². The molecule has 0 spiro atoms. The van der Waals surface area contributed by atoms with Crippen molar-refractivity contribution in [2.45, 2.75) is 31.7 Å². The molecule has 1 aromatic heterocycles. The maximum Gasteiger partial charge on any atom is 0.202 e. The molecule has 0 amide bonds. The van der Waals surface area contributed by atoms with Crippen molar-refractivity contribution in [3.8, 4) is 0 Å². The van der Waals surface area contributed by atoms with E-state index < -0.39 is 0 Å². The van der Waals surface area contributed by atoms with Crippen LogP contribution >= 0.6 is 11.5 Å². The molecule has 2 fully saturated rings. The maximum absolute atomic E-state index is 4.15. The van der Waals surface area contributed by atoms with Crippen molar-refractivity contribution in [2.75, 3.05) is 5.32 Å². The molecule has 3 nitrogen and oxygen atoms in total. The van der Waals surface area contributed by atoms with Crippen LogP contribution in [0.4, 0.5) is 5.13 Å². The Hall–Kier alpha value is -0.640. The quantitative estimate of drug-likeness (QED) is 0.785. The van der Waals surface area contributed by atoms with Crippen molar-refractivity contribution < 1.29 is 0 Å². The van der Waals surface area contributed by atoms with Crippen LogP contribution in [-0.2, 0) is 0 Å². The molecule has 0 radical (unpaired) electrons. The lowest BCUT2D eigenvalue weighted by molar-refractivity contribution is 0.480. The van der Waals surface area contributed by atoms with Crippen molar-refractivity contribution >= 4 is 16.7 Å². The lowest BCUT2D eigenvalue weighted by Gasteiger charge is -2.04. The average Bonchev–Trinajstić information content (AvgIpc) is 2.60. The molecular formula is C9H13N3S. The fourth-order valence-corrected chi connectivity index (χ4v) is 3.06. The molecule has 0 aliphatic heterocycles. The first-order valence-corrected chi connectivity index (χ1v) is 5.76. The Kier molecular flexibility index (Phi) is 1.75. The van der Waals surface area contributed by atoms with E-state index in [1.807, 2.05) is 0 Å². The van der Waals surface area contributed by atoms with Crippen molar-refractivity contribution in [2.24, 2.45) is 11.8 Å². The van der Waals surface area contributed by atoms with Gasteiger partial charge in [-0.3, -0.25) is 0 Å². The van der Waals surface area contributed by atoms with Gasteiger partial charge in [0.25, 0.3) is 0 Å². The van der Waals surface area contributed by atoms with Gasteiger partial charge in [-0.05, 0) is 24.7 Å². The summed E-state index contributed by atoms with van der Waals surface area (Å²) in [5.74, 6) is 1.88. The summed E-state index contributed by atoms with van der Waals surface area (Å²) in [4.78, 5) is 4.15. The van der Waals surface area contributed by atoms with Crippen LogP contribution in [0.3, 0.4) is 0 Å². The topological polar surface area (TPSA) is 37.8 Å². The molecule has 13 heavy (non-hydrogen) atoms. The van der Waals surface area contributed by atoms with E-state index in [2.05, 4.69) is 14.7 Å². The first-order valence-electron chi connectivity index (χ1n) is 4.98. The van der Waals surface area contributed by atoms with Crippen LogP contribution in [0, 0.1) is 11.8 Å². The molecule has 3 rings (SSSR count). The second-order valence-electron chi connectivity index (χ2n) is 4.03. The highest BCUT2D eigenvalue weighted by Gasteiger charge is 2.50. The summed E-state index contributed by atoms with van der Waals surface area (Å²) in [5, 5.41) is 4.48. The molecule has 1 N–H and O–H groups in total. The molecule has 0 aromatic carbocycles. The number of fused-ring (bicyclic) bond motifs is 1. The zero-order chi connectivity index (χ0) is 8.67. The summed E-state index contributed by atoms with van der Waals surface area (Å²) in [6.45, 7) is 0. The van der Waals surface area contributed by atoms with Crippen LogP contribution in [0.15, 0.2) is 6.33 Å². The summed E-state index contributed by atoms with van der Waals surface area (Å²) in [5.41, 5.74) is 0. The summed E-state index contributed by atoms with van der Waals surface area (Å²) in [6, 6.07) is 0.718. The molecule has 2 aliphatic carbocycles.